The highest BCUT2D eigenvalue weighted by Crippen LogP contribution is 2.02. The molecule has 0 spiro atoms. The van der Waals surface area contributed by atoms with Crippen LogP contribution in [0.1, 0.15) is 18.9 Å². The molecule has 1 aromatic carbocycles. The van der Waals surface area contributed by atoms with Gasteiger partial charge in [-0.05, 0) is 5.56 Å². The van der Waals surface area contributed by atoms with Gasteiger partial charge >= 0.3 is 5.97 Å². The second-order valence-corrected chi connectivity index (χ2v) is 2.99. The Morgan fingerprint density at radius 1 is 1.27 bits per heavy atom. The van der Waals surface area contributed by atoms with Crippen LogP contribution in [0.3, 0.4) is 0 Å². The zero-order valence-corrected chi connectivity index (χ0v) is 8.60. The highest BCUT2D eigenvalue weighted by Gasteiger charge is 2.11. The lowest BCUT2D eigenvalue weighted by Crippen LogP contribution is -2.17. The molecule has 0 atom stereocenters. The Kier molecular flexibility index (Phi) is 4.54. The predicted molar refractivity (Wildman–Crippen MR) is 56.1 cm³/mol. The standard InChI is InChI=1S/C12H13O3/c1-2-11(13)12(14)15-9-8-10-6-4-3-5-7-10/h3-8H,2,9H2,1H3. The van der Waals surface area contributed by atoms with Gasteiger partial charge in [0, 0.05) is 12.8 Å². The molecule has 3 nitrogen and oxygen atoms in total. The summed E-state index contributed by atoms with van der Waals surface area (Å²) in [5.74, 6) is -1.25. The molecule has 3 heteroatoms. The third kappa shape index (κ3) is 3.94. The van der Waals surface area contributed by atoms with Crippen LogP contribution >= 0.6 is 0 Å². The second kappa shape index (κ2) is 5.96. The van der Waals surface area contributed by atoms with Crippen molar-refractivity contribution in [1.82, 2.24) is 0 Å². The molecule has 0 aliphatic heterocycles. The van der Waals surface area contributed by atoms with Crippen molar-refractivity contribution in [2.75, 3.05) is 6.61 Å². The molecule has 15 heavy (non-hydrogen) atoms. The van der Waals surface area contributed by atoms with Crippen molar-refractivity contribution in [3.63, 3.8) is 0 Å². The van der Waals surface area contributed by atoms with Gasteiger partial charge in [-0.15, -0.1) is 0 Å². The topological polar surface area (TPSA) is 43.4 Å². The van der Waals surface area contributed by atoms with Gasteiger partial charge in [-0.2, -0.15) is 0 Å². The third-order valence-electron chi connectivity index (χ3n) is 1.88. The lowest BCUT2D eigenvalue weighted by Gasteiger charge is -2.02. The van der Waals surface area contributed by atoms with Gasteiger partial charge in [0.05, 0.1) is 6.61 Å². The highest BCUT2D eigenvalue weighted by atomic mass is 16.5. The molecule has 0 saturated heterocycles. The number of carbonyl (C=O) groups is 2. The van der Waals surface area contributed by atoms with Crippen molar-refractivity contribution in [2.45, 2.75) is 13.3 Å². The average molecular weight is 205 g/mol. The summed E-state index contributed by atoms with van der Waals surface area (Å²) >= 11 is 0. The highest BCUT2D eigenvalue weighted by molar-refractivity contribution is 6.33. The van der Waals surface area contributed by atoms with E-state index in [4.69, 9.17) is 4.74 Å². The van der Waals surface area contributed by atoms with Crippen LogP contribution in [0.25, 0.3) is 0 Å². The first-order valence-corrected chi connectivity index (χ1v) is 4.82. The van der Waals surface area contributed by atoms with E-state index in [9.17, 15) is 9.59 Å². The van der Waals surface area contributed by atoms with Crippen molar-refractivity contribution in [2.24, 2.45) is 0 Å². The first-order chi connectivity index (χ1) is 7.24. The third-order valence-corrected chi connectivity index (χ3v) is 1.88. The molecule has 1 radical (unpaired) electrons. The zero-order valence-electron chi connectivity index (χ0n) is 8.60. The molecule has 0 N–H and O–H groups in total. The first-order valence-electron chi connectivity index (χ1n) is 4.82. The van der Waals surface area contributed by atoms with Crippen LogP contribution in [-0.4, -0.2) is 18.4 Å². The zero-order chi connectivity index (χ0) is 11.1. The molecule has 0 aliphatic rings. The lowest BCUT2D eigenvalue weighted by atomic mass is 10.2. The maximum Gasteiger partial charge on any atom is 0.374 e. The fraction of sp³-hybridized carbons (Fsp3) is 0.250. The van der Waals surface area contributed by atoms with E-state index in [1.54, 1.807) is 13.3 Å². The fourth-order valence-electron chi connectivity index (χ4n) is 1.03. The Labute approximate surface area is 89.1 Å². The van der Waals surface area contributed by atoms with Crippen LogP contribution in [-0.2, 0) is 14.3 Å². The molecule has 0 saturated carbocycles. The predicted octanol–water partition coefficient (Wildman–Crippen LogP) is 1.76. The maximum absolute atomic E-state index is 11.0. The van der Waals surface area contributed by atoms with Crippen molar-refractivity contribution >= 4 is 11.8 Å². The minimum absolute atomic E-state index is 0.134. The molecule has 0 aromatic heterocycles. The molecule has 0 fully saturated rings. The average Bonchev–Trinajstić information content (AvgIpc) is 2.29. The Morgan fingerprint density at radius 3 is 2.53 bits per heavy atom. The summed E-state index contributed by atoms with van der Waals surface area (Å²) in [4.78, 5) is 21.8. The van der Waals surface area contributed by atoms with Crippen LogP contribution < -0.4 is 0 Å². The quantitative estimate of drug-likeness (QED) is 0.543. The summed E-state index contributed by atoms with van der Waals surface area (Å²) < 4.78 is 4.75. The van der Waals surface area contributed by atoms with Crippen LogP contribution in [0.15, 0.2) is 30.3 Å². The van der Waals surface area contributed by atoms with E-state index in [2.05, 4.69) is 0 Å². The molecule has 0 bridgehead atoms. The van der Waals surface area contributed by atoms with Gasteiger partial charge in [-0.1, -0.05) is 37.3 Å². The van der Waals surface area contributed by atoms with Gasteiger partial charge in [0.1, 0.15) is 0 Å². The normalized spacial score (nSPS) is 9.67. The summed E-state index contributed by atoms with van der Waals surface area (Å²) in [7, 11) is 0. The molecule has 0 amide bonds. The van der Waals surface area contributed by atoms with E-state index in [0.29, 0.717) is 0 Å². The summed E-state index contributed by atoms with van der Waals surface area (Å²) in [5.41, 5.74) is 0.967. The van der Waals surface area contributed by atoms with Gasteiger partial charge in [-0.3, -0.25) is 4.79 Å². The summed E-state index contributed by atoms with van der Waals surface area (Å²) in [5, 5.41) is 0. The van der Waals surface area contributed by atoms with Gasteiger partial charge in [-0.25, -0.2) is 4.79 Å². The lowest BCUT2D eigenvalue weighted by molar-refractivity contribution is -0.153. The van der Waals surface area contributed by atoms with Crippen LogP contribution in [0, 0.1) is 6.42 Å². The number of hydrogen-bond donors (Lipinski definition) is 0. The number of rotatable bonds is 5. The minimum atomic E-state index is -0.760. The van der Waals surface area contributed by atoms with E-state index in [-0.39, 0.29) is 13.0 Å². The van der Waals surface area contributed by atoms with Crippen molar-refractivity contribution in [3.05, 3.63) is 42.3 Å². The Bertz CT molecular complexity index is 330. The first kappa shape index (κ1) is 11.4. The van der Waals surface area contributed by atoms with E-state index >= 15 is 0 Å². The molecular formula is C12H13O3. The largest absolute Gasteiger partial charge is 0.459 e. The molecule has 1 aromatic rings. The summed E-state index contributed by atoms with van der Waals surface area (Å²) in [6.07, 6.45) is 1.94. The molecular weight excluding hydrogens is 192 g/mol. The summed E-state index contributed by atoms with van der Waals surface area (Å²) in [6.45, 7) is 1.76. The van der Waals surface area contributed by atoms with E-state index in [1.165, 1.54) is 0 Å². The number of hydrogen-bond acceptors (Lipinski definition) is 3. The van der Waals surface area contributed by atoms with Gasteiger partial charge in [0.2, 0.25) is 5.78 Å². The Hall–Kier alpha value is -1.64. The molecule has 0 aliphatic carbocycles. The SMILES string of the molecule is CCC(=O)C(=O)OC[CH]c1ccccc1. The van der Waals surface area contributed by atoms with Crippen LogP contribution in [0.4, 0.5) is 0 Å². The fourth-order valence-corrected chi connectivity index (χ4v) is 1.03. The number of carbonyl (C=O) groups excluding carboxylic acids is 2. The van der Waals surface area contributed by atoms with E-state index < -0.39 is 11.8 Å². The number of Topliss-reactive ketones (excluding diaryl/α,β-unsaturated/α-hetero) is 1. The Morgan fingerprint density at radius 2 is 1.93 bits per heavy atom. The molecule has 1 rings (SSSR count). The van der Waals surface area contributed by atoms with E-state index in [0.717, 1.165) is 5.56 Å². The summed E-state index contributed by atoms with van der Waals surface area (Å²) in [6, 6.07) is 9.49. The second-order valence-electron chi connectivity index (χ2n) is 2.99. The van der Waals surface area contributed by atoms with Gasteiger partial charge in [0.25, 0.3) is 0 Å². The van der Waals surface area contributed by atoms with Crippen molar-refractivity contribution < 1.29 is 14.3 Å². The van der Waals surface area contributed by atoms with Gasteiger partial charge < -0.3 is 4.74 Å². The van der Waals surface area contributed by atoms with Crippen LogP contribution in [0.2, 0.25) is 0 Å². The van der Waals surface area contributed by atoms with Crippen LogP contribution in [0.5, 0.6) is 0 Å². The minimum Gasteiger partial charge on any atom is -0.459 e. The van der Waals surface area contributed by atoms with Crippen molar-refractivity contribution in [1.29, 1.82) is 0 Å². The monoisotopic (exact) mass is 205 g/mol. The number of ether oxygens (including phenoxy) is 1. The Balaban J connectivity index is 2.28. The maximum atomic E-state index is 11.0. The number of ketones is 1. The van der Waals surface area contributed by atoms with Gasteiger partial charge in [0.15, 0.2) is 0 Å². The van der Waals surface area contributed by atoms with E-state index in [1.807, 2.05) is 30.3 Å². The molecule has 79 valence electrons. The smallest absolute Gasteiger partial charge is 0.374 e. The van der Waals surface area contributed by atoms with Crippen molar-refractivity contribution in [3.8, 4) is 0 Å². The number of esters is 1. The molecule has 0 unspecified atom stereocenters. The molecule has 0 heterocycles. The number of benzene rings is 1.